The number of hydrogen-bond acceptors (Lipinski definition) is 6. The molecule has 0 radical (unpaired) electrons. The summed E-state index contributed by atoms with van der Waals surface area (Å²) in [5.41, 5.74) is -0.265. The van der Waals surface area contributed by atoms with Crippen LogP contribution >= 0.6 is 11.8 Å². The molecule has 1 aromatic rings. The molecule has 0 aromatic carbocycles. The molecule has 1 fully saturated rings. The van der Waals surface area contributed by atoms with Gasteiger partial charge in [0.25, 0.3) is 0 Å². The number of thioether (sulfide) groups is 1. The first kappa shape index (κ1) is 17.3. The van der Waals surface area contributed by atoms with Crippen molar-refractivity contribution in [1.29, 1.82) is 0 Å². The van der Waals surface area contributed by atoms with Crippen LogP contribution in [0.25, 0.3) is 0 Å². The van der Waals surface area contributed by atoms with Crippen molar-refractivity contribution in [1.82, 2.24) is 9.55 Å². The molecule has 0 bridgehead atoms. The minimum Gasteiger partial charge on any atom is -0.378 e. The van der Waals surface area contributed by atoms with Crippen molar-refractivity contribution < 1.29 is 9.47 Å². The molecule has 2 rings (SSSR count). The Labute approximate surface area is 135 Å². The van der Waals surface area contributed by atoms with E-state index in [4.69, 9.17) is 9.47 Å². The van der Waals surface area contributed by atoms with Gasteiger partial charge in [0.1, 0.15) is 17.5 Å². The van der Waals surface area contributed by atoms with Crippen LogP contribution in [0.1, 0.15) is 33.4 Å². The molecule has 2 atom stereocenters. The van der Waals surface area contributed by atoms with Crippen LogP contribution in [-0.4, -0.2) is 47.0 Å². The average molecular weight is 327 g/mol. The third-order valence-corrected chi connectivity index (χ3v) is 4.61. The molecular formula is C15H25N3O3S. The maximum atomic E-state index is 12.3. The largest absolute Gasteiger partial charge is 0.378 e. The quantitative estimate of drug-likeness (QED) is 0.729. The zero-order chi connectivity index (χ0) is 15.9. The van der Waals surface area contributed by atoms with E-state index < -0.39 is 0 Å². The monoisotopic (exact) mass is 327 g/mol. The number of nitrogens with zero attached hydrogens (tertiary/aromatic N) is 3. The molecule has 124 valence electrons. The number of ether oxygens (including phenoxy) is 2. The molecule has 7 heteroatoms. The third kappa shape index (κ3) is 4.24. The van der Waals surface area contributed by atoms with Gasteiger partial charge in [-0.3, -0.25) is 4.57 Å². The van der Waals surface area contributed by atoms with E-state index in [-0.39, 0.29) is 17.4 Å². The van der Waals surface area contributed by atoms with Gasteiger partial charge in [-0.05, 0) is 26.3 Å². The number of anilines is 1. The lowest BCUT2D eigenvalue weighted by atomic mass is 10.4. The van der Waals surface area contributed by atoms with Crippen molar-refractivity contribution in [2.24, 2.45) is 0 Å². The Bertz CT molecular complexity index is 523. The second-order valence-corrected chi connectivity index (χ2v) is 6.26. The maximum absolute atomic E-state index is 12.3. The number of aromatic nitrogens is 2. The van der Waals surface area contributed by atoms with Gasteiger partial charge < -0.3 is 14.4 Å². The lowest BCUT2D eigenvalue weighted by Crippen LogP contribution is -2.32. The van der Waals surface area contributed by atoms with Crippen molar-refractivity contribution in [2.75, 3.05) is 37.0 Å². The van der Waals surface area contributed by atoms with Crippen LogP contribution in [0.4, 0.5) is 5.82 Å². The lowest BCUT2D eigenvalue weighted by molar-refractivity contribution is -0.0226. The maximum Gasteiger partial charge on any atom is 0.351 e. The molecule has 0 aliphatic carbocycles. The Balaban J connectivity index is 2.06. The van der Waals surface area contributed by atoms with Crippen LogP contribution in [-0.2, 0) is 9.47 Å². The zero-order valence-electron chi connectivity index (χ0n) is 13.5. The standard InChI is InChI=1S/C15H25N3O3S/c1-4-8-17(5-2)12-7-9-18(15(19)16-12)13-11-22-14(21-13)10-20-6-3/h7,9,13-14H,4-6,8,10-11H2,1-3H3/t13-,14?/m0/s1. The van der Waals surface area contributed by atoms with Crippen molar-refractivity contribution in [3.63, 3.8) is 0 Å². The van der Waals surface area contributed by atoms with Gasteiger partial charge >= 0.3 is 5.69 Å². The molecule has 22 heavy (non-hydrogen) atoms. The van der Waals surface area contributed by atoms with Crippen LogP contribution in [0.3, 0.4) is 0 Å². The fourth-order valence-electron chi connectivity index (χ4n) is 2.39. The first-order valence-electron chi connectivity index (χ1n) is 7.88. The normalized spacial score (nSPS) is 21.2. The molecule has 0 saturated carbocycles. The molecule has 1 aliphatic rings. The average Bonchev–Trinajstić information content (AvgIpc) is 2.99. The second kappa shape index (κ2) is 8.55. The first-order chi connectivity index (χ1) is 10.7. The van der Waals surface area contributed by atoms with Crippen LogP contribution in [0.2, 0.25) is 0 Å². The van der Waals surface area contributed by atoms with E-state index in [0.717, 1.165) is 31.1 Å². The molecule has 1 aliphatic heterocycles. The van der Waals surface area contributed by atoms with E-state index in [1.54, 1.807) is 22.5 Å². The summed E-state index contributed by atoms with van der Waals surface area (Å²) in [6.45, 7) is 9.11. The Hall–Kier alpha value is -1.05. The zero-order valence-corrected chi connectivity index (χ0v) is 14.3. The van der Waals surface area contributed by atoms with E-state index in [1.165, 1.54) is 0 Å². The second-order valence-electron chi connectivity index (χ2n) is 5.07. The van der Waals surface area contributed by atoms with Crippen molar-refractivity contribution >= 4 is 17.6 Å². The highest BCUT2D eigenvalue weighted by molar-refractivity contribution is 8.00. The molecule has 0 amide bonds. The molecule has 1 saturated heterocycles. The third-order valence-electron chi connectivity index (χ3n) is 3.52. The Kier molecular flexibility index (Phi) is 6.72. The summed E-state index contributed by atoms with van der Waals surface area (Å²) in [6.07, 6.45) is 2.56. The van der Waals surface area contributed by atoms with Gasteiger partial charge in [-0.1, -0.05) is 6.92 Å². The lowest BCUT2D eigenvalue weighted by Gasteiger charge is -2.22. The summed E-state index contributed by atoms with van der Waals surface area (Å²) in [6, 6.07) is 1.89. The summed E-state index contributed by atoms with van der Waals surface area (Å²) in [4.78, 5) is 18.6. The predicted molar refractivity (Wildman–Crippen MR) is 89.5 cm³/mol. The Morgan fingerprint density at radius 1 is 1.50 bits per heavy atom. The van der Waals surface area contributed by atoms with Crippen LogP contribution in [0, 0.1) is 0 Å². The smallest absolute Gasteiger partial charge is 0.351 e. The predicted octanol–water partition coefficient (Wildman–Crippen LogP) is 2.10. The highest BCUT2D eigenvalue weighted by Gasteiger charge is 2.28. The van der Waals surface area contributed by atoms with Crippen molar-refractivity contribution in [2.45, 2.75) is 38.9 Å². The molecule has 1 aromatic heterocycles. The van der Waals surface area contributed by atoms with Crippen molar-refractivity contribution in [3.8, 4) is 0 Å². The highest BCUT2D eigenvalue weighted by Crippen LogP contribution is 2.31. The van der Waals surface area contributed by atoms with Gasteiger partial charge in [-0.15, -0.1) is 11.8 Å². The summed E-state index contributed by atoms with van der Waals surface area (Å²) < 4.78 is 12.8. The molecule has 1 unspecified atom stereocenters. The topological polar surface area (TPSA) is 56.6 Å². The summed E-state index contributed by atoms with van der Waals surface area (Å²) in [5, 5.41) is 0. The molecule has 0 spiro atoms. The molecule has 0 N–H and O–H groups in total. The van der Waals surface area contributed by atoms with E-state index in [1.807, 2.05) is 13.0 Å². The SMILES string of the molecule is CCCN(CC)c1ccn([C@@H]2CSC(COCC)O2)c(=O)n1. The van der Waals surface area contributed by atoms with Gasteiger partial charge in [-0.2, -0.15) is 4.98 Å². The minimum absolute atomic E-state index is 0.0104. The van der Waals surface area contributed by atoms with E-state index in [2.05, 4.69) is 23.7 Å². The highest BCUT2D eigenvalue weighted by atomic mass is 32.2. The van der Waals surface area contributed by atoms with E-state index >= 15 is 0 Å². The van der Waals surface area contributed by atoms with E-state index in [9.17, 15) is 4.79 Å². The van der Waals surface area contributed by atoms with Gasteiger partial charge in [0.15, 0.2) is 0 Å². The fraction of sp³-hybridized carbons (Fsp3) is 0.733. The van der Waals surface area contributed by atoms with E-state index in [0.29, 0.717) is 13.2 Å². The van der Waals surface area contributed by atoms with Crippen LogP contribution in [0.15, 0.2) is 17.1 Å². The number of rotatable bonds is 8. The van der Waals surface area contributed by atoms with Crippen LogP contribution < -0.4 is 10.6 Å². The summed E-state index contributed by atoms with van der Waals surface area (Å²) >= 11 is 1.67. The Morgan fingerprint density at radius 2 is 2.32 bits per heavy atom. The first-order valence-corrected chi connectivity index (χ1v) is 8.93. The summed E-state index contributed by atoms with van der Waals surface area (Å²) in [5.74, 6) is 1.48. The summed E-state index contributed by atoms with van der Waals surface area (Å²) in [7, 11) is 0. The van der Waals surface area contributed by atoms with Gasteiger partial charge in [-0.25, -0.2) is 4.79 Å². The van der Waals surface area contributed by atoms with Gasteiger partial charge in [0, 0.05) is 31.6 Å². The molecule has 2 heterocycles. The van der Waals surface area contributed by atoms with Crippen LogP contribution in [0.5, 0.6) is 0 Å². The molecular weight excluding hydrogens is 302 g/mol. The van der Waals surface area contributed by atoms with Gasteiger partial charge in [0.05, 0.1) is 6.61 Å². The Morgan fingerprint density at radius 3 is 2.95 bits per heavy atom. The fourth-order valence-corrected chi connectivity index (χ4v) is 3.41. The van der Waals surface area contributed by atoms with Gasteiger partial charge in [0.2, 0.25) is 0 Å². The minimum atomic E-state index is -0.259. The molecule has 6 nitrogen and oxygen atoms in total. The van der Waals surface area contributed by atoms with Crippen molar-refractivity contribution in [3.05, 3.63) is 22.7 Å². The number of hydrogen-bond donors (Lipinski definition) is 0.